The zero-order valence-electron chi connectivity index (χ0n) is 20.6. The Hall–Kier alpha value is -3.41. The van der Waals surface area contributed by atoms with Gasteiger partial charge in [-0.15, -0.1) is 0 Å². The van der Waals surface area contributed by atoms with E-state index in [9.17, 15) is 4.79 Å². The largest absolute Gasteiger partial charge is 0.354 e. The Morgan fingerprint density at radius 3 is 2.47 bits per heavy atom. The Kier molecular flexibility index (Phi) is 7.78. The molecule has 6 nitrogen and oxygen atoms in total. The van der Waals surface area contributed by atoms with Crippen LogP contribution in [0.4, 0.5) is 16.3 Å². The van der Waals surface area contributed by atoms with Crippen molar-refractivity contribution in [3.63, 3.8) is 0 Å². The van der Waals surface area contributed by atoms with Crippen molar-refractivity contribution in [3.05, 3.63) is 82.8 Å². The topological polar surface area (TPSA) is 61.4 Å². The van der Waals surface area contributed by atoms with E-state index in [2.05, 4.69) is 54.4 Å². The van der Waals surface area contributed by atoms with Crippen LogP contribution in [0.25, 0.3) is 0 Å². The first kappa shape index (κ1) is 23.7. The third-order valence-electron chi connectivity index (χ3n) is 6.41. The van der Waals surface area contributed by atoms with Gasteiger partial charge in [0.25, 0.3) is 0 Å². The number of nitrogens with one attached hydrogen (secondary N) is 1. The second-order valence-electron chi connectivity index (χ2n) is 8.85. The summed E-state index contributed by atoms with van der Waals surface area (Å²) < 4.78 is 0. The fourth-order valence-electron chi connectivity index (χ4n) is 4.58. The predicted octanol–water partition coefficient (Wildman–Crippen LogP) is 5.24. The minimum Gasteiger partial charge on any atom is -0.354 e. The van der Waals surface area contributed by atoms with Gasteiger partial charge >= 0.3 is 6.03 Å². The van der Waals surface area contributed by atoms with Gasteiger partial charge in [-0.3, -0.25) is 0 Å². The number of carbonyl (C=O) groups excluding carboxylic acids is 1. The number of hydrogen-bond donors (Lipinski definition) is 1. The highest BCUT2D eigenvalue weighted by atomic mass is 16.2. The van der Waals surface area contributed by atoms with Crippen molar-refractivity contribution < 1.29 is 4.79 Å². The molecule has 2 amide bonds. The van der Waals surface area contributed by atoms with E-state index in [1.807, 2.05) is 36.1 Å². The number of nitrogens with zero attached hydrogens (tertiary/aromatic N) is 4. The molecule has 178 valence electrons. The molecule has 0 bridgehead atoms. The van der Waals surface area contributed by atoms with E-state index in [1.54, 1.807) is 0 Å². The molecule has 2 aromatic carbocycles. The number of anilines is 2. The van der Waals surface area contributed by atoms with E-state index in [-0.39, 0.29) is 6.03 Å². The van der Waals surface area contributed by atoms with Crippen LogP contribution in [0.15, 0.2) is 54.6 Å². The van der Waals surface area contributed by atoms with Crippen molar-refractivity contribution in [3.8, 4) is 0 Å². The summed E-state index contributed by atoms with van der Waals surface area (Å²) in [6, 6.07) is 18.6. The maximum absolute atomic E-state index is 13.0. The predicted molar refractivity (Wildman–Crippen MR) is 139 cm³/mol. The molecule has 2 heterocycles. The molecule has 0 spiro atoms. The minimum atomic E-state index is -0.0345. The maximum Gasteiger partial charge on any atom is 0.321 e. The number of amides is 2. The van der Waals surface area contributed by atoms with Crippen molar-refractivity contribution in [2.45, 2.75) is 46.5 Å². The summed E-state index contributed by atoms with van der Waals surface area (Å²) in [6.45, 7) is 9.26. The molecule has 0 radical (unpaired) electrons. The van der Waals surface area contributed by atoms with Crippen LogP contribution in [0.3, 0.4) is 0 Å². The molecule has 34 heavy (non-hydrogen) atoms. The van der Waals surface area contributed by atoms with E-state index in [0.29, 0.717) is 6.54 Å². The van der Waals surface area contributed by atoms with E-state index < -0.39 is 0 Å². The fraction of sp³-hybridized carbons (Fsp3) is 0.393. The van der Waals surface area contributed by atoms with Crippen molar-refractivity contribution >= 4 is 17.5 Å². The van der Waals surface area contributed by atoms with Crippen LogP contribution < -0.4 is 10.2 Å². The number of carbonyl (C=O) groups is 1. The zero-order chi connectivity index (χ0) is 23.9. The summed E-state index contributed by atoms with van der Waals surface area (Å²) in [5.41, 5.74) is 5.65. The summed E-state index contributed by atoms with van der Waals surface area (Å²) in [5, 5.41) is 3.08. The Balaban J connectivity index is 1.51. The van der Waals surface area contributed by atoms with Crippen molar-refractivity contribution in [2.24, 2.45) is 0 Å². The summed E-state index contributed by atoms with van der Waals surface area (Å²) in [4.78, 5) is 26.9. The average Bonchev–Trinajstić information content (AvgIpc) is 3.12. The molecule has 3 aromatic rings. The van der Waals surface area contributed by atoms with Crippen molar-refractivity contribution in [1.29, 1.82) is 0 Å². The summed E-state index contributed by atoms with van der Waals surface area (Å²) in [5.74, 6) is 1.82. The van der Waals surface area contributed by atoms with Crippen LogP contribution in [-0.2, 0) is 19.3 Å². The standard InChI is InChI=1S/C28H35N5O/c1-4-22-13-9-14-24(19-22)31-28(34)33-16-10-15-32(17-18-33)27-25(20-23-11-7-6-8-12-23)26(5-2)29-21(3)30-27/h6-9,11-14,19H,4-5,10,15-18,20H2,1-3H3,(H,31,34). The van der Waals surface area contributed by atoms with Crippen molar-refractivity contribution in [1.82, 2.24) is 14.9 Å². The van der Waals surface area contributed by atoms with Crippen LogP contribution >= 0.6 is 0 Å². The van der Waals surface area contributed by atoms with Gasteiger partial charge in [-0.25, -0.2) is 14.8 Å². The summed E-state index contributed by atoms with van der Waals surface area (Å²) in [6.07, 6.45) is 3.54. The van der Waals surface area contributed by atoms with Gasteiger partial charge in [-0.1, -0.05) is 56.3 Å². The highest BCUT2D eigenvalue weighted by Crippen LogP contribution is 2.26. The Labute approximate surface area is 203 Å². The third kappa shape index (κ3) is 5.74. The van der Waals surface area contributed by atoms with Gasteiger partial charge in [0.05, 0.1) is 0 Å². The molecular weight excluding hydrogens is 422 g/mol. The quantitative estimate of drug-likeness (QED) is 0.550. The molecule has 1 aliphatic rings. The first-order valence-electron chi connectivity index (χ1n) is 12.4. The number of benzene rings is 2. The second kappa shape index (κ2) is 11.1. The normalized spacial score (nSPS) is 14.1. The highest BCUT2D eigenvalue weighted by Gasteiger charge is 2.23. The number of rotatable bonds is 6. The van der Waals surface area contributed by atoms with Crippen LogP contribution in [-0.4, -0.2) is 47.1 Å². The molecule has 0 atom stereocenters. The van der Waals surface area contributed by atoms with Crippen molar-refractivity contribution in [2.75, 3.05) is 36.4 Å². The molecule has 0 unspecified atom stereocenters. The van der Waals surface area contributed by atoms with Crippen LogP contribution in [0.1, 0.15) is 48.5 Å². The van der Waals surface area contributed by atoms with E-state index in [1.165, 1.54) is 16.7 Å². The lowest BCUT2D eigenvalue weighted by Gasteiger charge is -2.26. The highest BCUT2D eigenvalue weighted by molar-refractivity contribution is 5.89. The second-order valence-corrected chi connectivity index (χ2v) is 8.85. The summed E-state index contributed by atoms with van der Waals surface area (Å²) in [7, 11) is 0. The number of urea groups is 1. The van der Waals surface area contributed by atoms with Gasteiger partial charge in [-0.2, -0.15) is 0 Å². The molecule has 0 aliphatic carbocycles. The third-order valence-corrected chi connectivity index (χ3v) is 6.41. The van der Waals surface area contributed by atoms with Crippen LogP contribution in [0, 0.1) is 6.92 Å². The lowest BCUT2D eigenvalue weighted by molar-refractivity contribution is 0.215. The maximum atomic E-state index is 13.0. The first-order chi connectivity index (χ1) is 16.6. The molecular formula is C28H35N5O. The molecule has 1 N–H and O–H groups in total. The minimum absolute atomic E-state index is 0.0345. The first-order valence-corrected chi connectivity index (χ1v) is 12.4. The lowest BCUT2D eigenvalue weighted by Crippen LogP contribution is -2.38. The van der Waals surface area contributed by atoms with E-state index in [0.717, 1.165) is 68.3 Å². The SMILES string of the molecule is CCc1cccc(NC(=O)N2CCCN(c3nc(C)nc(CC)c3Cc3ccccc3)CC2)c1. The Morgan fingerprint density at radius 1 is 0.912 bits per heavy atom. The van der Waals surface area contributed by atoms with E-state index in [4.69, 9.17) is 9.97 Å². The van der Waals surface area contributed by atoms with Crippen LogP contribution in [0.2, 0.25) is 0 Å². The summed E-state index contributed by atoms with van der Waals surface area (Å²) >= 11 is 0. The van der Waals surface area contributed by atoms with E-state index >= 15 is 0 Å². The smallest absolute Gasteiger partial charge is 0.321 e. The number of hydrogen-bond acceptors (Lipinski definition) is 4. The Bertz CT molecular complexity index is 1120. The zero-order valence-corrected chi connectivity index (χ0v) is 20.6. The molecule has 1 aliphatic heterocycles. The number of aryl methyl sites for hydroxylation is 3. The average molecular weight is 458 g/mol. The van der Waals surface area contributed by atoms with Gasteiger partial charge < -0.3 is 15.1 Å². The Morgan fingerprint density at radius 2 is 1.71 bits per heavy atom. The van der Waals surface area contributed by atoms with Gasteiger partial charge in [0.2, 0.25) is 0 Å². The molecule has 6 heteroatoms. The number of aromatic nitrogens is 2. The fourth-order valence-corrected chi connectivity index (χ4v) is 4.58. The molecule has 4 rings (SSSR count). The van der Waals surface area contributed by atoms with Gasteiger partial charge in [0.1, 0.15) is 11.6 Å². The molecule has 1 aromatic heterocycles. The lowest BCUT2D eigenvalue weighted by atomic mass is 10.0. The van der Waals surface area contributed by atoms with Gasteiger partial charge in [-0.05, 0) is 49.4 Å². The molecule has 0 saturated carbocycles. The molecule has 1 fully saturated rings. The van der Waals surface area contributed by atoms with Gasteiger partial charge in [0.15, 0.2) is 0 Å². The monoisotopic (exact) mass is 457 g/mol. The van der Waals surface area contributed by atoms with Crippen LogP contribution in [0.5, 0.6) is 0 Å². The molecule has 1 saturated heterocycles. The van der Waals surface area contributed by atoms with Gasteiger partial charge in [0, 0.05) is 49.5 Å².